The van der Waals surface area contributed by atoms with Gasteiger partial charge >= 0.3 is 23.9 Å². The lowest BCUT2D eigenvalue weighted by Gasteiger charge is -2.27. The minimum atomic E-state index is -3.64. The summed E-state index contributed by atoms with van der Waals surface area (Å²) >= 11 is 2.97. The predicted molar refractivity (Wildman–Crippen MR) is 463 cm³/mol. The number of hydrogen-bond donors (Lipinski definition) is 4. The number of pyridine rings is 3. The third-order valence-electron chi connectivity index (χ3n) is 20.8. The number of thiophene rings is 3. The molecule has 0 aliphatic heterocycles. The van der Waals surface area contributed by atoms with Gasteiger partial charge in [-0.2, -0.15) is 0 Å². The van der Waals surface area contributed by atoms with E-state index in [9.17, 15) is 68.4 Å². The number of ketones is 3. The number of Topliss-reactive ketones (excluding diaryl/α,β-unsaturated/α-hetero) is 3. The summed E-state index contributed by atoms with van der Waals surface area (Å²) in [6.07, 6.45) is 24.3. The average molecular weight is 1800 g/mol. The van der Waals surface area contributed by atoms with Crippen molar-refractivity contribution < 1.29 is 96.8 Å². The van der Waals surface area contributed by atoms with Gasteiger partial charge in [-0.3, -0.25) is 43.5 Å². The summed E-state index contributed by atoms with van der Waals surface area (Å²) in [4.78, 5) is 129. The number of hydrogen-bond acceptors (Lipinski definition) is 32. The highest BCUT2D eigenvalue weighted by atomic mass is 32.2. The second-order valence-corrected chi connectivity index (χ2v) is 40.3. The number of nitrogens with zero attached hydrogens (tertiary/aromatic N) is 5. The van der Waals surface area contributed by atoms with Crippen LogP contribution in [0.25, 0.3) is 10.2 Å². The number of esters is 4. The SMILES string of the molecule is CCOC(OCC)OCC.COC(=O)c1ccc(CC(=O)C(CC2CCCCC2)NC(=O)c2scc(S(=O)(=O)C(C)C)c2N)nc1.COC(=O)c1ccc(CC(=O)C(CC2CCCCC2)n2cnc3c(S(=O)(=O)C(C)C)csc3c2=O)nc1.COC(=O)c1ccc(CC(=O)C(N)CC2CCCCC2)nc1.COC(=O)c1scc(S(=O)(=O)C(C)C)c1N. The zero-order valence-corrected chi connectivity index (χ0v) is 76.0. The molecule has 121 heavy (non-hydrogen) atoms. The van der Waals surface area contributed by atoms with Crippen LogP contribution in [-0.4, -0.2) is 179 Å². The van der Waals surface area contributed by atoms with E-state index in [4.69, 9.17) is 36.1 Å². The Bertz CT molecular complexity index is 4980. The number of ether oxygens (including phenoxy) is 7. The molecule has 7 N–H and O–H groups in total. The van der Waals surface area contributed by atoms with Crippen LogP contribution in [0.15, 0.2) is 96.9 Å². The smallest absolute Gasteiger partial charge is 0.350 e. The number of nitrogens with one attached hydrogen (secondary N) is 1. The van der Waals surface area contributed by atoms with Crippen molar-refractivity contribution in [2.45, 2.75) is 252 Å². The molecule has 7 aromatic rings. The van der Waals surface area contributed by atoms with E-state index in [1.165, 1.54) is 113 Å². The lowest BCUT2D eigenvalue weighted by Crippen LogP contribution is -2.43. The summed E-state index contributed by atoms with van der Waals surface area (Å²) in [5.74, 6) is -1.82. The Morgan fingerprint density at radius 3 is 1.22 bits per heavy atom. The molecule has 3 aliphatic rings. The molecule has 0 aromatic carbocycles. The number of nitrogens with two attached hydrogens (primary N) is 3. The molecule has 10 rings (SSSR count). The number of methoxy groups -OCH3 is 4. The zero-order chi connectivity index (χ0) is 89.5. The van der Waals surface area contributed by atoms with Crippen molar-refractivity contribution in [1.29, 1.82) is 0 Å². The first-order chi connectivity index (χ1) is 57.4. The lowest BCUT2D eigenvalue weighted by molar-refractivity contribution is -0.282. The van der Waals surface area contributed by atoms with Gasteiger partial charge in [0.1, 0.15) is 34.7 Å². The Kier molecular flexibility index (Phi) is 41.0. The highest BCUT2D eigenvalue weighted by Gasteiger charge is 2.35. The lowest BCUT2D eigenvalue weighted by atomic mass is 9.83. The fraction of sp³-hybridized carbons (Fsp3) is 0.560. The van der Waals surface area contributed by atoms with Crippen LogP contribution in [0, 0.1) is 17.8 Å². The highest BCUT2D eigenvalue weighted by Crippen LogP contribution is 2.37. The maximum Gasteiger partial charge on any atom is 0.350 e. The number of amides is 1. The van der Waals surface area contributed by atoms with E-state index in [1.807, 2.05) is 20.8 Å². The van der Waals surface area contributed by atoms with E-state index in [-0.39, 0.29) is 93.8 Å². The Morgan fingerprint density at radius 1 is 0.471 bits per heavy atom. The van der Waals surface area contributed by atoms with Gasteiger partial charge in [0.2, 0.25) is 0 Å². The van der Waals surface area contributed by atoms with Crippen molar-refractivity contribution in [2.24, 2.45) is 23.5 Å². The van der Waals surface area contributed by atoms with Gasteiger partial charge in [-0.1, -0.05) is 96.3 Å². The summed E-state index contributed by atoms with van der Waals surface area (Å²) in [6, 6.07) is 7.66. The molecule has 1 amide bonds. The molecule has 0 spiro atoms. The van der Waals surface area contributed by atoms with Crippen LogP contribution in [0.1, 0.15) is 251 Å². The van der Waals surface area contributed by atoms with Gasteiger partial charge in [0, 0.05) is 71.6 Å². The normalized spacial score (nSPS) is 14.9. The monoisotopic (exact) mass is 1800 g/mol. The van der Waals surface area contributed by atoms with Crippen LogP contribution in [0.3, 0.4) is 0 Å². The minimum absolute atomic E-state index is 0.00731. The van der Waals surface area contributed by atoms with Crippen LogP contribution < -0.4 is 28.1 Å². The van der Waals surface area contributed by atoms with Gasteiger partial charge in [0.15, 0.2) is 46.9 Å². The van der Waals surface area contributed by atoms with Gasteiger partial charge in [0.25, 0.3) is 17.9 Å². The summed E-state index contributed by atoms with van der Waals surface area (Å²) < 4.78 is 110. The van der Waals surface area contributed by atoms with Crippen molar-refractivity contribution in [2.75, 3.05) is 59.7 Å². The van der Waals surface area contributed by atoms with E-state index < -0.39 is 105 Å². The van der Waals surface area contributed by atoms with Crippen molar-refractivity contribution in [1.82, 2.24) is 29.8 Å². The van der Waals surface area contributed by atoms with Gasteiger partial charge < -0.3 is 55.7 Å². The Hall–Kier alpha value is -8.66. The minimum Gasteiger partial charge on any atom is -0.465 e. The standard InChI is InChI=1S/C26H31N3O6S2.C25H33N3O6S2.C17H24N2O3.C9H13NO4S2.C7H16O3/c1-16(2)37(33,34)22-14-36-24-23(22)28-15-29(25(24)31)20(11-17-7-5-4-6-8-17)21(30)12-19-10-9-18(13-27-19)26(32)35-3;1-15(2)36(32,33)21-14-35-23(22(21)26)24(30)28-19(11-16-7-5-4-6-8-16)20(29)12-18-10-9-17(13-27-18)25(31)34-3;1-22-17(21)13-7-8-14(19-11-13)10-16(20)15(18)9-12-5-3-2-4-6-12;1-5(2)16(12,13)6-4-15-8(7(6)10)9(11)14-3;1-4-8-7(9-5-2)10-6-3/h9-10,13-17,20H,4-8,11-12H2,1-3H3;9-10,13-16,19H,4-8,11-12,26H2,1-3H3,(H,28,30);7-8,11-12,15H,2-6,9-10,18H2,1H3;4-5H,10H2,1-3H3;7H,4-6H2,1-3H3. The fourth-order valence-electron chi connectivity index (χ4n) is 13.7. The zero-order valence-electron chi connectivity index (χ0n) is 71.1. The van der Waals surface area contributed by atoms with Crippen molar-refractivity contribution in [3.8, 4) is 0 Å². The first-order valence-electron chi connectivity index (χ1n) is 40.6. The number of anilines is 2. The topological polar surface area (TPSA) is 467 Å². The van der Waals surface area contributed by atoms with Crippen LogP contribution in [-0.2, 0) is 96.3 Å². The third kappa shape index (κ3) is 29.0. The largest absolute Gasteiger partial charge is 0.465 e. The first-order valence-corrected chi connectivity index (χ1v) is 47.8. The molecule has 3 unspecified atom stereocenters. The Balaban J connectivity index is 0.000000250. The van der Waals surface area contributed by atoms with Crippen LogP contribution >= 0.6 is 34.0 Å². The number of nitrogen functional groups attached to an aromatic ring is 2. The number of fused-ring (bicyclic) bond motifs is 1. The fourth-order valence-corrected chi connectivity index (χ4v) is 21.1. The summed E-state index contributed by atoms with van der Waals surface area (Å²) in [7, 11) is -5.60. The number of carbonyl (C=O) groups excluding carboxylic acids is 8. The van der Waals surface area contributed by atoms with Crippen LogP contribution in [0.5, 0.6) is 0 Å². The van der Waals surface area contributed by atoms with Crippen molar-refractivity contribution in [3.63, 3.8) is 0 Å². The van der Waals surface area contributed by atoms with E-state index >= 15 is 0 Å². The van der Waals surface area contributed by atoms with E-state index in [2.05, 4.69) is 39.5 Å². The van der Waals surface area contributed by atoms with Gasteiger partial charge in [-0.15, -0.1) is 34.0 Å². The molecule has 37 heteroatoms. The average Bonchev–Trinajstić information content (AvgIpc) is 1.41. The quantitative estimate of drug-likeness (QED) is 0.0165. The molecule has 666 valence electrons. The molecule has 3 fully saturated rings. The molecule has 3 aliphatic carbocycles. The molecule has 0 saturated heterocycles. The summed E-state index contributed by atoms with van der Waals surface area (Å²) in [5, 5.41) is 5.14. The molecule has 7 aromatic heterocycles. The van der Waals surface area contributed by atoms with Gasteiger partial charge in [0.05, 0.1) is 116 Å². The molecule has 3 atom stereocenters. The second-order valence-electron chi connectivity index (χ2n) is 30.2. The maximum absolute atomic E-state index is 13.6. The van der Waals surface area contributed by atoms with Gasteiger partial charge in [-0.05, 0) is 136 Å². The first kappa shape index (κ1) is 101. The number of sulfone groups is 3. The predicted octanol–water partition coefficient (Wildman–Crippen LogP) is 12.7. The van der Waals surface area contributed by atoms with E-state index in [0.29, 0.717) is 73.1 Å². The van der Waals surface area contributed by atoms with E-state index in [0.717, 1.165) is 98.2 Å². The molecule has 31 nitrogen and oxygen atoms in total. The van der Waals surface area contributed by atoms with Crippen molar-refractivity contribution >= 4 is 132 Å². The maximum atomic E-state index is 13.6. The van der Waals surface area contributed by atoms with Crippen molar-refractivity contribution in [3.05, 3.63) is 131 Å². The second kappa shape index (κ2) is 49.0. The van der Waals surface area contributed by atoms with Crippen LogP contribution in [0.2, 0.25) is 0 Å². The molecule has 3 saturated carbocycles. The molecule has 0 bridgehead atoms. The highest BCUT2D eigenvalue weighted by molar-refractivity contribution is 7.93. The molecular formula is C84H117N9O22S6. The molecular weight excluding hydrogens is 1680 g/mol. The third-order valence-corrected chi connectivity index (χ3v) is 30.8. The van der Waals surface area contributed by atoms with E-state index in [1.54, 1.807) is 77.9 Å². The summed E-state index contributed by atoms with van der Waals surface area (Å²) in [5.41, 5.74) is 19.9. The van der Waals surface area contributed by atoms with Crippen LogP contribution in [0.4, 0.5) is 11.4 Å². The number of carbonyl (C=O) groups is 8. The van der Waals surface area contributed by atoms with Gasteiger partial charge in [-0.25, -0.2) is 49.4 Å². The summed E-state index contributed by atoms with van der Waals surface area (Å²) in [6.45, 7) is 16.5. The molecule has 7 heterocycles. The molecule has 0 radical (unpaired) electrons. The Morgan fingerprint density at radius 2 is 0.835 bits per heavy atom. The Labute approximate surface area is 720 Å². The number of aromatic nitrogens is 5. The number of rotatable bonds is 34.